The Kier molecular flexibility index (Phi) is 5.60. The van der Waals surface area contributed by atoms with Crippen LogP contribution in [0.25, 0.3) is 11.4 Å². The first-order valence-corrected chi connectivity index (χ1v) is 8.64. The van der Waals surface area contributed by atoms with Crippen molar-refractivity contribution in [2.45, 2.75) is 25.1 Å². The van der Waals surface area contributed by atoms with Crippen molar-refractivity contribution in [1.82, 2.24) is 15.0 Å². The van der Waals surface area contributed by atoms with E-state index in [1.54, 1.807) is 31.2 Å². The van der Waals surface area contributed by atoms with E-state index in [0.717, 1.165) is 11.6 Å². The highest BCUT2D eigenvalue weighted by molar-refractivity contribution is 5.56. The lowest BCUT2D eigenvalue weighted by molar-refractivity contribution is -0.141. The number of aromatic nitrogens is 3. The number of anilines is 1. The predicted octanol–water partition coefficient (Wildman–Crippen LogP) is 4.27. The van der Waals surface area contributed by atoms with E-state index in [-0.39, 0.29) is 24.6 Å². The number of rotatable bonds is 6. The Balaban J connectivity index is 1.80. The van der Waals surface area contributed by atoms with Gasteiger partial charge in [0.05, 0.1) is 5.60 Å². The summed E-state index contributed by atoms with van der Waals surface area (Å²) in [6.07, 6.45) is -1.40. The van der Waals surface area contributed by atoms with E-state index in [4.69, 9.17) is 0 Å². The molecule has 0 fully saturated rings. The van der Waals surface area contributed by atoms with Crippen LogP contribution in [0.5, 0.6) is 0 Å². The number of halogens is 3. The van der Waals surface area contributed by atoms with Gasteiger partial charge in [0, 0.05) is 30.6 Å². The molecule has 0 bridgehead atoms. The van der Waals surface area contributed by atoms with E-state index in [9.17, 15) is 18.3 Å². The van der Waals surface area contributed by atoms with Gasteiger partial charge in [0.25, 0.3) is 0 Å². The Morgan fingerprint density at radius 1 is 1.04 bits per heavy atom. The standard InChI is InChI=1S/C20H19F3N4O/c1-19(28,15-7-3-2-4-8-15)9-11-25-17-12-16(20(21,22)23)26-18(27-17)14-6-5-10-24-13-14/h2-8,10,12-13,28H,9,11H2,1H3,(H,25,26,27). The zero-order valence-corrected chi connectivity index (χ0v) is 15.1. The topological polar surface area (TPSA) is 70.9 Å². The van der Waals surface area contributed by atoms with Gasteiger partial charge in [-0.05, 0) is 31.0 Å². The highest BCUT2D eigenvalue weighted by atomic mass is 19.4. The molecule has 2 aromatic heterocycles. The number of alkyl halides is 3. The van der Waals surface area contributed by atoms with Crippen LogP contribution in [-0.4, -0.2) is 26.6 Å². The van der Waals surface area contributed by atoms with Gasteiger partial charge in [0.2, 0.25) is 0 Å². The van der Waals surface area contributed by atoms with E-state index in [2.05, 4.69) is 20.3 Å². The Labute approximate surface area is 160 Å². The van der Waals surface area contributed by atoms with Crippen LogP contribution < -0.4 is 5.32 Å². The Morgan fingerprint density at radius 3 is 2.43 bits per heavy atom. The Hall–Kier alpha value is -3.00. The Bertz CT molecular complexity index is 916. The van der Waals surface area contributed by atoms with Crippen LogP contribution in [0.3, 0.4) is 0 Å². The molecular formula is C20H19F3N4O. The highest BCUT2D eigenvalue weighted by Gasteiger charge is 2.34. The minimum Gasteiger partial charge on any atom is -0.385 e. The fourth-order valence-corrected chi connectivity index (χ4v) is 2.68. The lowest BCUT2D eigenvalue weighted by Crippen LogP contribution is -2.25. The lowest BCUT2D eigenvalue weighted by Gasteiger charge is -2.24. The van der Waals surface area contributed by atoms with Crippen molar-refractivity contribution in [3.05, 3.63) is 72.2 Å². The van der Waals surface area contributed by atoms with E-state index >= 15 is 0 Å². The van der Waals surface area contributed by atoms with Gasteiger partial charge in [-0.15, -0.1) is 0 Å². The summed E-state index contributed by atoms with van der Waals surface area (Å²) in [5, 5.41) is 13.5. The zero-order chi connectivity index (χ0) is 20.2. The fourth-order valence-electron chi connectivity index (χ4n) is 2.68. The molecule has 0 amide bonds. The van der Waals surface area contributed by atoms with Crippen LogP contribution >= 0.6 is 0 Å². The molecule has 146 valence electrons. The number of benzene rings is 1. The van der Waals surface area contributed by atoms with Crippen molar-refractivity contribution < 1.29 is 18.3 Å². The first kappa shape index (κ1) is 19.8. The number of pyridine rings is 1. The van der Waals surface area contributed by atoms with Gasteiger partial charge >= 0.3 is 6.18 Å². The third-order valence-corrected chi connectivity index (χ3v) is 4.25. The maximum absolute atomic E-state index is 13.2. The van der Waals surface area contributed by atoms with Crippen molar-refractivity contribution in [2.24, 2.45) is 0 Å². The van der Waals surface area contributed by atoms with Gasteiger partial charge in [-0.3, -0.25) is 4.98 Å². The number of hydrogen-bond acceptors (Lipinski definition) is 5. The maximum atomic E-state index is 13.2. The second-order valence-corrected chi connectivity index (χ2v) is 6.52. The zero-order valence-electron chi connectivity index (χ0n) is 15.1. The number of nitrogens with one attached hydrogen (secondary N) is 1. The van der Waals surface area contributed by atoms with Crippen LogP contribution in [0.1, 0.15) is 24.6 Å². The van der Waals surface area contributed by atoms with Gasteiger partial charge in [-0.25, -0.2) is 9.97 Å². The average molecular weight is 388 g/mol. The summed E-state index contributed by atoms with van der Waals surface area (Å²) in [7, 11) is 0. The van der Waals surface area contributed by atoms with Crippen molar-refractivity contribution in [2.75, 3.05) is 11.9 Å². The van der Waals surface area contributed by atoms with Crippen molar-refractivity contribution in [3.8, 4) is 11.4 Å². The largest absolute Gasteiger partial charge is 0.433 e. The smallest absolute Gasteiger partial charge is 0.385 e. The molecule has 0 spiro atoms. The SMILES string of the molecule is CC(O)(CCNc1cc(C(F)(F)F)nc(-c2cccnc2)n1)c1ccccc1. The van der Waals surface area contributed by atoms with Gasteiger partial charge in [-0.1, -0.05) is 30.3 Å². The summed E-state index contributed by atoms with van der Waals surface area (Å²) in [6.45, 7) is 1.88. The number of aliphatic hydroxyl groups is 1. The molecule has 5 nitrogen and oxygen atoms in total. The Morgan fingerprint density at radius 2 is 1.79 bits per heavy atom. The fraction of sp³-hybridized carbons (Fsp3) is 0.250. The van der Waals surface area contributed by atoms with E-state index in [0.29, 0.717) is 5.56 Å². The molecule has 1 unspecified atom stereocenters. The van der Waals surface area contributed by atoms with Crippen LogP contribution in [0.4, 0.5) is 19.0 Å². The molecule has 2 heterocycles. The normalized spacial score (nSPS) is 13.8. The number of hydrogen-bond donors (Lipinski definition) is 2. The lowest BCUT2D eigenvalue weighted by atomic mass is 9.93. The minimum atomic E-state index is -4.61. The second kappa shape index (κ2) is 7.93. The maximum Gasteiger partial charge on any atom is 0.433 e. The summed E-state index contributed by atoms with van der Waals surface area (Å²) in [5.74, 6) is -0.0368. The third-order valence-electron chi connectivity index (χ3n) is 4.25. The van der Waals surface area contributed by atoms with E-state index in [1.165, 1.54) is 12.4 Å². The van der Waals surface area contributed by atoms with Gasteiger partial charge in [0.1, 0.15) is 5.82 Å². The molecule has 0 saturated heterocycles. The molecule has 28 heavy (non-hydrogen) atoms. The molecule has 1 atom stereocenters. The molecular weight excluding hydrogens is 369 g/mol. The molecule has 1 aromatic carbocycles. The van der Waals surface area contributed by atoms with Crippen molar-refractivity contribution >= 4 is 5.82 Å². The molecule has 0 aliphatic rings. The molecule has 0 aliphatic heterocycles. The summed E-state index contributed by atoms with van der Waals surface area (Å²) in [4.78, 5) is 11.7. The summed E-state index contributed by atoms with van der Waals surface area (Å²) in [6, 6.07) is 13.1. The second-order valence-electron chi connectivity index (χ2n) is 6.52. The molecule has 3 aromatic rings. The molecule has 2 N–H and O–H groups in total. The van der Waals surface area contributed by atoms with Crippen LogP contribution in [0.2, 0.25) is 0 Å². The first-order valence-electron chi connectivity index (χ1n) is 8.64. The number of nitrogens with zero attached hydrogens (tertiary/aromatic N) is 3. The molecule has 3 rings (SSSR count). The van der Waals surface area contributed by atoms with Crippen molar-refractivity contribution in [3.63, 3.8) is 0 Å². The summed E-state index contributed by atoms with van der Waals surface area (Å²) in [5.41, 5.74) is -1.06. The van der Waals surface area contributed by atoms with Crippen LogP contribution in [0, 0.1) is 0 Å². The van der Waals surface area contributed by atoms with Crippen LogP contribution in [0.15, 0.2) is 60.9 Å². The van der Waals surface area contributed by atoms with Crippen molar-refractivity contribution in [1.29, 1.82) is 0 Å². The quantitative estimate of drug-likeness (QED) is 0.660. The first-order chi connectivity index (χ1) is 13.3. The third kappa shape index (κ3) is 4.83. The summed E-state index contributed by atoms with van der Waals surface area (Å²) >= 11 is 0. The molecule has 0 aliphatic carbocycles. The van der Waals surface area contributed by atoms with E-state index in [1.807, 2.05) is 18.2 Å². The van der Waals surface area contributed by atoms with E-state index < -0.39 is 17.5 Å². The highest BCUT2D eigenvalue weighted by Crippen LogP contribution is 2.31. The molecule has 8 heteroatoms. The van der Waals surface area contributed by atoms with Gasteiger partial charge in [-0.2, -0.15) is 13.2 Å². The average Bonchev–Trinajstić information content (AvgIpc) is 2.68. The molecule has 0 saturated carbocycles. The van der Waals surface area contributed by atoms with Crippen LogP contribution in [-0.2, 0) is 11.8 Å². The van der Waals surface area contributed by atoms with Gasteiger partial charge in [0.15, 0.2) is 11.5 Å². The predicted molar refractivity (Wildman–Crippen MR) is 99.4 cm³/mol. The van der Waals surface area contributed by atoms with Gasteiger partial charge < -0.3 is 10.4 Å². The minimum absolute atomic E-state index is 0.0324. The molecule has 0 radical (unpaired) electrons. The summed E-state index contributed by atoms with van der Waals surface area (Å²) < 4.78 is 39.7. The monoisotopic (exact) mass is 388 g/mol.